The average Bonchev–Trinajstić information content (AvgIpc) is 3.14. The highest BCUT2D eigenvalue weighted by Crippen LogP contribution is 2.39. The summed E-state index contributed by atoms with van der Waals surface area (Å²) in [7, 11) is 0. The van der Waals surface area contributed by atoms with Gasteiger partial charge in [0.2, 0.25) is 5.91 Å². The van der Waals surface area contributed by atoms with Gasteiger partial charge in [-0.05, 0) is 43.4 Å². The Bertz CT molecular complexity index is 1010. The van der Waals surface area contributed by atoms with Gasteiger partial charge in [-0.15, -0.1) is 0 Å². The van der Waals surface area contributed by atoms with Crippen LogP contribution in [0.3, 0.4) is 0 Å². The van der Waals surface area contributed by atoms with Crippen molar-refractivity contribution in [2.75, 3.05) is 16.8 Å². The molecule has 0 radical (unpaired) electrons. The van der Waals surface area contributed by atoms with Gasteiger partial charge < -0.3 is 15.2 Å². The topological polar surface area (TPSA) is 61.0 Å². The highest BCUT2D eigenvalue weighted by molar-refractivity contribution is 6.40. The molecular formula is C23H24Cl2N4O. The molecule has 1 aliphatic heterocycles. The summed E-state index contributed by atoms with van der Waals surface area (Å²) in [6, 6.07) is 14.0. The number of piperidine rings is 1. The van der Waals surface area contributed by atoms with Crippen LogP contribution in [0.15, 0.2) is 48.8 Å². The highest BCUT2D eigenvalue weighted by Gasteiger charge is 2.29. The predicted octanol–water partition coefficient (Wildman–Crippen LogP) is 5.62. The molecule has 5 nitrogen and oxygen atoms in total. The minimum absolute atomic E-state index is 0.0666. The lowest BCUT2D eigenvalue weighted by Crippen LogP contribution is -2.41. The number of halogens is 2. The monoisotopic (exact) mass is 442 g/mol. The Morgan fingerprint density at radius 3 is 2.60 bits per heavy atom. The fourth-order valence-corrected chi connectivity index (χ4v) is 4.62. The molecule has 0 aliphatic carbocycles. The second kappa shape index (κ2) is 9.11. The Morgan fingerprint density at radius 1 is 1.20 bits per heavy atom. The maximum absolute atomic E-state index is 12.7. The normalized spacial score (nSPS) is 16.7. The van der Waals surface area contributed by atoms with E-state index in [1.807, 2.05) is 37.3 Å². The number of H-pyrrole nitrogens is 1. The van der Waals surface area contributed by atoms with Crippen LogP contribution in [0.5, 0.6) is 0 Å². The predicted molar refractivity (Wildman–Crippen MR) is 122 cm³/mol. The number of aryl methyl sites for hydroxylation is 1. The Morgan fingerprint density at radius 2 is 1.93 bits per heavy atom. The van der Waals surface area contributed by atoms with Crippen molar-refractivity contribution in [2.45, 2.75) is 32.7 Å². The number of carbonyl (C=O) groups is 1. The lowest BCUT2D eigenvalue weighted by Gasteiger charge is -2.34. The second-order valence-corrected chi connectivity index (χ2v) is 8.52. The van der Waals surface area contributed by atoms with Crippen molar-refractivity contribution in [1.82, 2.24) is 9.97 Å². The number of nitrogens with one attached hydrogen (secondary N) is 2. The van der Waals surface area contributed by atoms with Crippen molar-refractivity contribution in [3.8, 4) is 0 Å². The van der Waals surface area contributed by atoms with Gasteiger partial charge in [-0.25, -0.2) is 4.98 Å². The number of rotatable bonds is 6. The highest BCUT2D eigenvalue weighted by atomic mass is 35.5. The molecule has 0 bridgehead atoms. The molecule has 1 amide bonds. The van der Waals surface area contributed by atoms with Crippen molar-refractivity contribution in [2.24, 2.45) is 5.92 Å². The Hall–Kier alpha value is -2.50. The zero-order chi connectivity index (χ0) is 21.1. The summed E-state index contributed by atoms with van der Waals surface area (Å²) in [4.78, 5) is 21.7. The van der Waals surface area contributed by atoms with Crippen molar-refractivity contribution in [1.29, 1.82) is 0 Å². The number of anilines is 2. The van der Waals surface area contributed by atoms with E-state index in [1.165, 1.54) is 5.56 Å². The molecule has 2 aromatic carbocycles. The van der Waals surface area contributed by atoms with Crippen LogP contribution in [-0.2, 0) is 17.8 Å². The Balaban J connectivity index is 1.50. The third kappa shape index (κ3) is 4.63. The molecule has 1 aliphatic rings. The maximum Gasteiger partial charge on any atom is 0.227 e. The van der Waals surface area contributed by atoms with E-state index in [0.29, 0.717) is 41.2 Å². The van der Waals surface area contributed by atoms with Crippen LogP contribution in [0, 0.1) is 12.8 Å². The first-order valence-electron chi connectivity index (χ1n) is 10.1. The Labute approximate surface area is 186 Å². The van der Waals surface area contributed by atoms with Gasteiger partial charge in [-0.3, -0.25) is 4.79 Å². The number of amides is 1. The molecule has 1 saturated heterocycles. The molecule has 156 valence electrons. The van der Waals surface area contributed by atoms with Crippen molar-refractivity contribution in [3.63, 3.8) is 0 Å². The van der Waals surface area contributed by atoms with Crippen LogP contribution in [0.2, 0.25) is 10.0 Å². The van der Waals surface area contributed by atoms with Crippen molar-refractivity contribution >= 4 is 40.5 Å². The van der Waals surface area contributed by atoms with Gasteiger partial charge in [0.15, 0.2) is 0 Å². The fraction of sp³-hybridized carbons (Fsp3) is 0.304. The molecule has 2 heterocycles. The van der Waals surface area contributed by atoms with Crippen molar-refractivity contribution in [3.05, 3.63) is 75.8 Å². The number of imidazole rings is 1. The summed E-state index contributed by atoms with van der Waals surface area (Å²) in [5, 5.41) is 4.25. The molecule has 1 fully saturated rings. The second-order valence-electron chi connectivity index (χ2n) is 7.71. The standard InChI is InChI=1S/C23H24Cl2N4O/c1-15-21(28-14-27-15)12-26-18-10-19(24)23(20(25)11-18)29-13-17(7-8-22(29)30)9-16-5-3-2-4-6-16/h2-6,10-11,14,17,26H,7-9,12-13H2,1H3,(H,27,28). The molecule has 1 unspecified atom stereocenters. The van der Waals surface area contributed by atoms with Crippen LogP contribution in [0.4, 0.5) is 11.4 Å². The van der Waals surface area contributed by atoms with Gasteiger partial charge in [0.1, 0.15) is 0 Å². The smallest absolute Gasteiger partial charge is 0.227 e. The molecular weight excluding hydrogens is 419 g/mol. The van der Waals surface area contributed by atoms with Gasteiger partial charge in [0, 0.05) is 18.7 Å². The largest absolute Gasteiger partial charge is 0.379 e. The average molecular weight is 443 g/mol. The van der Waals surface area contributed by atoms with Crippen LogP contribution < -0.4 is 10.2 Å². The number of aromatic nitrogens is 2. The zero-order valence-corrected chi connectivity index (χ0v) is 18.3. The third-order valence-electron chi connectivity index (χ3n) is 5.57. The zero-order valence-electron chi connectivity index (χ0n) is 16.8. The summed E-state index contributed by atoms with van der Waals surface area (Å²) in [6.07, 6.45) is 3.98. The summed E-state index contributed by atoms with van der Waals surface area (Å²) in [5.41, 5.74) is 4.63. The van der Waals surface area contributed by atoms with E-state index < -0.39 is 0 Å². The van der Waals surface area contributed by atoms with Crippen LogP contribution >= 0.6 is 23.2 Å². The number of hydrogen-bond donors (Lipinski definition) is 2. The first-order chi connectivity index (χ1) is 14.5. The summed E-state index contributed by atoms with van der Waals surface area (Å²) < 4.78 is 0. The van der Waals surface area contributed by atoms with E-state index in [1.54, 1.807) is 11.2 Å². The number of aromatic amines is 1. The molecule has 30 heavy (non-hydrogen) atoms. The first kappa shape index (κ1) is 20.8. The number of carbonyl (C=O) groups excluding carboxylic acids is 1. The minimum atomic E-state index is 0.0666. The molecule has 1 aromatic heterocycles. The third-order valence-corrected chi connectivity index (χ3v) is 6.14. The molecule has 0 saturated carbocycles. The SMILES string of the molecule is Cc1nc[nH]c1CNc1cc(Cl)c(N2CC(Cc3ccccc3)CCC2=O)c(Cl)c1. The molecule has 4 rings (SSSR count). The molecule has 7 heteroatoms. The van der Waals surface area contributed by atoms with Gasteiger partial charge in [0.05, 0.1) is 40.0 Å². The lowest BCUT2D eigenvalue weighted by molar-refractivity contribution is -0.120. The van der Waals surface area contributed by atoms with E-state index in [0.717, 1.165) is 29.9 Å². The Kier molecular flexibility index (Phi) is 6.30. The van der Waals surface area contributed by atoms with Gasteiger partial charge in [-0.2, -0.15) is 0 Å². The maximum atomic E-state index is 12.7. The van der Waals surface area contributed by atoms with Crippen LogP contribution in [0.25, 0.3) is 0 Å². The minimum Gasteiger partial charge on any atom is -0.379 e. The number of hydrogen-bond acceptors (Lipinski definition) is 3. The molecule has 3 aromatic rings. The molecule has 1 atom stereocenters. The van der Waals surface area contributed by atoms with Gasteiger partial charge in [-0.1, -0.05) is 53.5 Å². The fourth-order valence-electron chi connectivity index (χ4n) is 3.93. The number of benzene rings is 2. The molecule has 0 spiro atoms. The van der Waals surface area contributed by atoms with Crippen LogP contribution in [0.1, 0.15) is 29.8 Å². The van der Waals surface area contributed by atoms with Gasteiger partial charge >= 0.3 is 0 Å². The van der Waals surface area contributed by atoms with E-state index in [9.17, 15) is 4.79 Å². The van der Waals surface area contributed by atoms with Crippen LogP contribution in [-0.4, -0.2) is 22.4 Å². The molecule has 2 N–H and O–H groups in total. The van der Waals surface area contributed by atoms with Gasteiger partial charge in [0.25, 0.3) is 0 Å². The first-order valence-corrected chi connectivity index (χ1v) is 10.8. The summed E-state index contributed by atoms with van der Waals surface area (Å²) in [6.45, 7) is 3.15. The summed E-state index contributed by atoms with van der Waals surface area (Å²) >= 11 is 13.2. The van der Waals surface area contributed by atoms with Crippen molar-refractivity contribution < 1.29 is 4.79 Å². The number of nitrogens with zero attached hydrogens (tertiary/aromatic N) is 2. The van der Waals surface area contributed by atoms with E-state index >= 15 is 0 Å². The van der Waals surface area contributed by atoms with E-state index in [2.05, 4.69) is 27.4 Å². The lowest BCUT2D eigenvalue weighted by atomic mass is 9.90. The summed E-state index contributed by atoms with van der Waals surface area (Å²) in [5.74, 6) is 0.440. The quantitative estimate of drug-likeness (QED) is 0.520. The van der Waals surface area contributed by atoms with E-state index in [4.69, 9.17) is 23.2 Å². The van der Waals surface area contributed by atoms with E-state index in [-0.39, 0.29) is 5.91 Å².